The Morgan fingerprint density at radius 3 is 2.67 bits per heavy atom. The van der Waals surface area contributed by atoms with Gasteiger partial charge in [0, 0.05) is 18.1 Å². The standard InChI is InChI=1S/C16H23F2NO2/c1-4-5-11(2)8-15(20)19-10-16(3,21)13-7-6-12(17)9-14(13)18/h6-7,9,11,21H,4-5,8,10H2,1-3H3,(H,19,20). The Bertz CT molecular complexity index is 489. The fourth-order valence-corrected chi connectivity index (χ4v) is 2.28. The molecule has 0 aliphatic rings. The average molecular weight is 299 g/mol. The molecular weight excluding hydrogens is 276 g/mol. The third-order valence-corrected chi connectivity index (χ3v) is 3.46. The smallest absolute Gasteiger partial charge is 0.220 e. The monoisotopic (exact) mass is 299 g/mol. The van der Waals surface area contributed by atoms with Crippen molar-refractivity contribution in [3.05, 3.63) is 35.4 Å². The highest BCUT2D eigenvalue weighted by molar-refractivity contribution is 5.76. The molecule has 5 heteroatoms. The first kappa shape index (κ1) is 17.6. The number of nitrogens with one attached hydrogen (secondary N) is 1. The molecule has 3 nitrogen and oxygen atoms in total. The molecule has 0 aliphatic heterocycles. The number of carbonyl (C=O) groups excluding carboxylic acids is 1. The number of hydrogen-bond donors (Lipinski definition) is 2. The summed E-state index contributed by atoms with van der Waals surface area (Å²) in [4.78, 5) is 11.8. The van der Waals surface area contributed by atoms with Gasteiger partial charge in [-0.05, 0) is 18.9 Å². The molecule has 2 unspecified atom stereocenters. The first-order chi connectivity index (χ1) is 9.76. The van der Waals surface area contributed by atoms with Crippen molar-refractivity contribution in [2.24, 2.45) is 5.92 Å². The van der Waals surface area contributed by atoms with Crippen LogP contribution in [0.15, 0.2) is 18.2 Å². The van der Waals surface area contributed by atoms with Crippen LogP contribution in [0.1, 0.15) is 45.6 Å². The van der Waals surface area contributed by atoms with E-state index in [1.54, 1.807) is 0 Å². The van der Waals surface area contributed by atoms with E-state index in [4.69, 9.17) is 0 Å². The summed E-state index contributed by atoms with van der Waals surface area (Å²) >= 11 is 0. The van der Waals surface area contributed by atoms with Crippen molar-refractivity contribution in [3.8, 4) is 0 Å². The molecule has 0 radical (unpaired) electrons. The molecule has 0 saturated carbocycles. The summed E-state index contributed by atoms with van der Waals surface area (Å²) in [5.41, 5.74) is -1.62. The molecule has 0 aromatic heterocycles. The predicted molar refractivity (Wildman–Crippen MR) is 77.6 cm³/mol. The number of carbonyl (C=O) groups is 1. The molecular formula is C16H23F2NO2. The summed E-state index contributed by atoms with van der Waals surface area (Å²) < 4.78 is 26.5. The highest BCUT2D eigenvalue weighted by Gasteiger charge is 2.27. The van der Waals surface area contributed by atoms with E-state index in [-0.39, 0.29) is 23.9 Å². The summed E-state index contributed by atoms with van der Waals surface area (Å²) in [6.07, 6.45) is 2.33. The lowest BCUT2D eigenvalue weighted by Crippen LogP contribution is -2.39. The molecule has 0 fully saturated rings. The van der Waals surface area contributed by atoms with Crippen LogP contribution in [-0.2, 0) is 10.4 Å². The van der Waals surface area contributed by atoms with Crippen molar-refractivity contribution in [1.82, 2.24) is 5.32 Å². The molecule has 0 saturated heterocycles. The second-order valence-corrected chi connectivity index (χ2v) is 5.77. The zero-order chi connectivity index (χ0) is 16.0. The minimum atomic E-state index is -1.58. The van der Waals surface area contributed by atoms with E-state index in [0.29, 0.717) is 6.42 Å². The molecule has 2 atom stereocenters. The number of halogens is 2. The van der Waals surface area contributed by atoms with Crippen molar-refractivity contribution in [2.75, 3.05) is 6.54 Å². The van der Waals surface area contributed by atoms with E-state index in [2.05, 4.69) is 12.2 Å². The van der Waals surface area contributed by atoms with Crippen molar-refractivity contribution in [2.45, 2.75) is 45.6 Å². The maximum absolute atomic E-state index is 13.7. The lowest BCUT2D eigenvalue weighted by molar-refractivity contribution is -0.123. The van der Waals surface area contributed by atoms with Gasteiger partial charge in [-0.15, -0.1) is 0 Å². The van der Waals surface area contributed by atoms with Crippen molar-refractivity contribution < 1.29 is 18.7 Å². The van der Waals surface area contributed by atoms with E-state index < -0.39 is 17.2 Å². The van der Waals surface area contributed by atoms with Crippen LogP contribution < -0.4 is 5.32 Å². The summed E-state index contributed by atoms with van der Waals surface area (Å²) in [6, 6.07) is 2.99. The van der Waals surface area contributed by atoms with Crippen LogP contribution in [0.2, 0.25) is 0 Å². The maximum atomic E-state index is 13.7. The predicted octanol–water partition coefficient (Wildman–Crippen LogP) is 3.11. The molecule has 118 valence electrons. The lowest BCUT2D eigenvalue weighted by Gasteiger charge is -2.25. The van der Waals surface area contributed by atoms with Crippen molar-refractivity contribution in [1.29, 1.82) is 0 Å². The fourth-order valence-electron chi connectivity index (χ4n) is 2.28. The molecule has 1 amide bonds. The number of amides is 1. The number of rotatable bonds is 7. The second-order valence-electron chi connectivity index (χ2n) is 5.77. The molecule has 0 heterocycles. The Morgan fingerprint density at radius 1 is 1.43 bits per heavy atom. The zero-order valence-corrected chi connectivity index (χ0v) is 12.7. The van der Waals surface area contributed by atoms with Crippen LogP contribution in [0.4, 0.5) is 8.78 Å². The van der Waals surface area contributed by atoms with Crippen LogP contribution >= 0.6 is 0 Å². The first-order valence-corrected chi connectivity index (χ1v) is 7.21. The van der Waals surface area contributed by atoms with Crippen molar-refractivity contribution in [3.63, 3.8) is 0 Å². The van der Waals surface area contributed by atoms with Crippen LogP contribution in [-0.4, -0.2) is 17.6 Å². The summed E-state index contributed by atoms with van der Waals surface area (Å²) in [7, 11) is 0. The Morgan fingerprint density at radius 2 is 2.10 bits per heavy atom. The van der Waals surface area contributed by atoms with Gasteiger partial charge in [0.05, 0.1) is 6.54 Å². The van der Waals surface area contributed by atoms with Gasteiger partial charge in [0.25, 0.3) is 0 Å². The van der Waals surface area contributed by atoms with Gasteiger partial charge in [0.2, 0.25) is 5.91 Å². The van der Waals surface area contributed by atoms with E-state index in [1.165, 1.54) is 13.0 Å². The Kier molecular flexibility index (Phi) is 6.27. The Labute approximate surface area is 124 Å². The largest absolute Gasteiger partial charge is 0.383 e. The highest BCUT2D eigenvalue weighted by atomic mass is 19.1. The normalized spacial score (nSPS) is 15.3. The topological polar surface area (TPSA) is 49.3 Å². The summed E-state index contributed by atoms with van der Waals surface area (Å²) in [6.45, 7) is 5.31. The molecule has 1 aromatic rings. The van der Waals surface area contributed by atoms with E-state index in [1.807, 2.05) is 6.92 Å². The summed E-state index contributed by atoms with van der Waals surface area (Å²) in [5.74, 6) is -1.45. The molecule has 0 spiro atoms. The van der Waals surface area contributed by atoms with E-state index in [9.17, 15) is 18.7 Å². The number of hydrogen-bond acceptors (Lipinski definition) is 2. The van der Waals surface area contributed by atoms with Crippen LogP contribution in [0.25, 0.3) is 0 Å². The molecule has 1 rings (SSSR count). The second kappa shape index (κ2) is 7.50. The average Bonchev–Trinajstić information content (AvgIpc) is 2.36. The van der Waals surface area contributed by atoms with Gasteiger partial charge in [0.15, 0.2) is 0 Å². The number of benzene rings is 1. The first-order valence-electron chi connectivity index (χ1n) is 7.21. The Balaban J connectivity index is 2.62. The molecule has 21 heavy (non-hydrogen) atoms. The maximum Gasteiger partial charge on any atom is 0.220 e. The summed E-state index contributed by atoms with van der Waals surface area (Å²) in [5, 5.41) is 12.9. The van der Waals surface area contributed by atoms with E-state index >= 15 is 0 Å². The number of aliphatic hydroxyl groups is 1. The van der Waals surface area contributed by atoms with Gasteiger partial charge in [0.1, 0.15) is 17.2 Å². The van der Waals surface area contributed by atoms with Gasteiger partial charge >= 0.3 is 0 Å². The fraction of sp³-hybridized carbons (Fsp3) is 0.562. The van der Waals surface area contributed by atoms with Gasteiger partial charge < -0.3 is 10.4 Å². The van der Waals surface area contributed by atoms with Gasteiger partial charge in [-0.1, -0.05) is 32.8 Å². The Hall–Kier alpha value is -1.49. The molecule has 0 bridgehead atoms. The zero-order valence-electron chi connectivity index (χ0n) is 12.7. The van der Waals surface area contributed by atoms with Crippen LogP contribution in [0.3, 0.4) is 0 Å². The van der Waals surface area contributed by atoms with Crippen LogP contribution in [0.5, 0.6) is 0 Å². The third-order valence-electron chi connectivity index (χ3n) is 3.46. The quantitative estimate of drug-likeness (QED) is 0.812. The lowest BCUT2D eigenvalue weighted by atomic mass is 9.95. The highest BCUT2D eigenvalue weighted by Crippen LogP contribution is 2.23. The van der Waals surface area contributed by atoms with Gasteiger partial charge in [-0.2, -0.15) is 0 Å². The third kappa shape index (κ3) is 5.42. The SMILES string of the molecule is CCCC(C)CC(=O)NCC(C)(O)c1ccc(F)cc1F. The van der Waals surface area contributed by atoms with Crippen LogP contribution in [0, 0.1) is 17.6 Å². The van der Waals surface area contributed by atoms with Gasteiger partial charge in [-0.3, -0.25) is 4.79 Å². The van der Waals surface area contributed by atoms with Gasteiger partial charge in [-0.25, -0.2) is 8.78 Å². The minimum absolute atomic E-state index is 0.0363. The molecule has 1 aromatic carbocycles. The molecule has 0 aliphatic carbocycles. The molecule has 2 N–H and O–H groups in total. The van der Waals surface area contributed by atoms with Crippen molar-refractivity contribution >= 4 is 5.91 Å². The minimum Gasteiger partial charge on any atom is -0.383 e. The van der Waals surface area contributed by atoms with E-state index in [0.717, 1.165) is 25.0 Å².